The summed E-state index contributed by atoms with van der Waals surface area (Å²) in [7, 11) is 0. The van der Waals surface area contributed by atoms with Gasteiger partial charge >= 0.3 is 0 Å². The standard InChI is InChI=1S/C13H14N2O2/c1-2-17-12-5-3-10(4-6-12)7-11-8-13(16)15-9-14-11/h3-6,8-9H,2,7H2,1H3,(H,14,15,16). The molecular weight excluding hydrogens is 216 g/mol. The van der Waals surface area contributed by atoms with Crippen LogP contribution in [0.3, 0.4) is 0 Å². The highest BCUT2D eigenvalue weighted by molar-refractivity contribution is 5.29. The zero-order chi connectivity index (χ0) is 12.1. The third-order valence-corrected chi connectivity index (χ3v) is 2.35. The van der Waals surface area contributed by atoms with Gasteiger partial charge in [-0.05, 0) is 24.6 Å². The maximum Gasteiger partial charge on any atom is 0.250 e. The Morgan fingerprint density at radius 3 is 2.71 bits per heavy atom. The lowest BCUT2D eigenvalue weighted by molar-refractivity contribution is 0.340. The highest BCUT2D eigenvalue weighted by Crippen LogP contribution is 2.13. The van der Waals surface area contributed by atoms with Gasteiger partial charge in [0.25, 0.3) is 5.56 Å². The van der Waals surface area contributed by atoms with Crippen LogP contribution in [0.15, 0.2) is 41.5 Å². The molecule has 0 amide bonds. The zero-order valence-corrected chi connectivity index (χ0v) is 9.64. The zero-order valence-electron chi connectivity index (χ0n) is 9.64. The van der Waals surface area contributed by atoms with Crippen LogP contribution in [0.5, 0.6) is 5.75 Å². The second-order valence-electron chi connectivity index (χ2n) is 3.66. The van der Waals surface area contributed by atoms with Crippen molar-refractivity contribution < 1.29 is 4.74 Å². The molecule has 0 aliphatic carbocycles. The molecule has 1 heterocycles. The average molecular weight is 230 g/mol. The molecule has 2 rings (SSSR count). The van der Waals surface area contributed by atoms with Crippen LogP contribution in [-0.2, 0) is 6.42 Å². The fourth-order valence-electron chi connectivity index (χ4n) is 1.59. The smallest absolute Gasteiger partial charge is 0.250 e. The molecule has 0 fully saturated rings. The lowest BCUT2D eigenvalue weighted by Crippen LogP contribution is -2.07. The van der Waals surface area contributed by atoms with Crippen LogP contribution < -0.4 is 10.3 Å². The molecule has 4 heteroatoms. The van der Waals surface area contributed by atoms with Gasteiger partial charge in [0, 0.05) is 12.5 Å². The molecule has 4 nitrogen and oxygen atoms in total. The molecule has 88 valence electrons. The van der Waals surface area contributed by atoms with Crippen molar-refractivity contribution in [2.24, 2.45) is 0 Å². The molecule has 0 bridgehead atoms. The summed E-state index contributed by atoms with van der Waals surface area (Å²) in [5.41, 5.74) is 1.74. The van der Waals surface area contributed by atoms with Crippen LogP contribution >= 0.6 is 0 Å². The largest absolute Gasteiger partial charge is 0.494 e. The van der Waals surface area contributed by atoms with Gasteiger partial charge < -0.3 is 9.72 Å². The number of rotatable bonds is 4. The van der Waals surface area contributed by atoms with Crippen molar-refractivity contribution in [3.63, 3.8) is 0 Å². The highest BCUT2D eigenvalue weighted by atomic mass is 16.5. The SMILES string of the molecule is CCOc1ccc(Cc2cc(=O)[nH]cn2)cc1. The fourth-order valence-corrected chi connectivity index (χ4v) is 1.59. The van der Waals surface area contributed by atoms with Crippen LogP contribution in [0.25, 0.3) is 0 Å². The molecule has 0 saturated carbocycles. The van der Waals surface area contributed by atoms with Gasteiger partial charge in [-0.2, -0.15) is 0 Å². The topological polar surface area (TPSA) is 55.0 Å². The Balaban J connectivity index is 2.11. The van der Waals surface area contributed by atoms with Crippen LogP contribution in [-0.4, -0.2) is 16.6 Å². The second-order valence-corrected chi connectivity index (χ2v) is 3.66. The molecule has 0 radical (unpaired) electrons. The van der Waals surface area contributed by atoms with E-state index >= 15 is 0 Å². The third kappa shape index (κ3) is 3.17. The minimum absolute atomic E-state index is 0.124. The van der Waals surface area contributed by atoms with E-state index in [2.05, 4.69) is 9.97 Å². The van der Waals surface area contributed by atoms with Crippen LogP contribution in [0, 0.1) is 0 Å². The second kappa shape index (κ2) is 5.30. The Labute approximate surface area is 99.3 Å². The van der Waals surface area contributed by atoms with Crippen LogP contribution in [0.1, 0.15) is 18.2 Å². The lowest BCUT2D eigenvalue weighted by Gasteiger charge is -2.04. The first-order valence-corrected chi connectivity index (χ1v) is 5.53. The summed E-state index contributed by atoms with van der Waals surface area (Å²) in [6.07, 6.45) is 2.07. The van der Waals surface area contributed by atoms with E-state index in [1.54, 1.807) is 0 Å². The van der Waals surface area contributed by atoms with E-state index in [9.17, 15) is 4.79 Å². The summed E-state index contributed by atoms with van der Waals surface area (Å²) in [4.78, 5) is 17.7. The van der Waals surface area contributed by atoms with Crippen molar-refractivity contribution in [1.82, 2.24) is 9.97 Å². The minimum atomic E-state index is -0.124. The summed E-state index contributed by atoms with van der Waals surface area (Å²) in [5.74, 6) is 0.857. The average Bonchev–Trinajstić information content (AvgIpc) is 2.32. The summed E-state index contributed by atoms with van der Waals surface area (Å²) >= 11 is 0. The maximum absolute atomic E-state index is 11.1. The van der Waals surface area contributed by atoms with E-state index < -0.39 is 0 Å². The molecule has 0 aliphatic heterocycles. The first-order chi connectivity index (χ1) is 8.28. The number of H-pyrrole nitrogens is 1. The first kappa shape index (κ1) is 11.4. The number of aromatic amines is 1. The predicted octanol–water partition coefficient (Wildman–Crippen LogP) is 1.76. The number of hydrogen-bond acceptors (Lipinski definition) is 3. The molecule has 0 spiro atoms. The van der Waals surface area contributed by atoms with E-state index in [-0.39, 0.29) is 5.56 Å². The van der Waals surface area contributed by atoms with E-state index in [1.807, 2.05) is 31.2 Å². The van der Waals surface area contributed by atoms with Crippen LogP contribution in [0.4, 0.5) is 0 Å². The van der Waals surface area contributed by atoms with Gasteiger partial charge in [-0.25, -0.2) is 4.98 Å². The van der Waals surface area contributed by atoms with Crippen molar-refractivity contribution in [1.29, 1.82) is 0 Å². The molecule has 1 aromatic carbocycles. The van der Waals surface area contributed by atoms with Gasteiger partial charge in [0.1, 0.15) is 5.75 Å². The summed E-state index contributed by atoms with van der Waals surface area (Å²) < 4.78 is 5.36. The maximum atomic E-state index is 11.1. The van der Waals surface area contributed by atoms with Gasteiger partial charge in [0.15, 0.2) is 0 Å². The van der Waals surface area contributed by atoms with Gasteiger partial charge in [0.2, 0.25) is 0 Å². The van der Waals surface area contributed by atoms with Crippen molar-refractivity contribution in [2.75, 3.05) is 6.61 Å². The summed E-state index contributed by atoms with van der Waals surface area (Å²) in [6, 6.07) is 9.32. The molecule has 0 aliphatic rings. The Morgan fingerprint density at radius 2 is 2.06 bits per heavy atom. The van der Waals surface area contributed by atoms with Gasteiger partial charge in [-0.1, -0.05) is 12.1 Å². The number of benzene rings is 1. The van der Waals surface area contributed by atoms with Gasteiger partial charge in [-0.3, -0.25) is 4.79 Å². The normalized spacial score (nSPS) is 10.2. The monoisotopic (exact) mass is 230 g/mol. The molecule has 1 aromatic heterocycles. The number of nitrogens with zero attached hydrogens (tertiary/aromatic N) is 1. The van der Waals surface area contributed by atoms with Gasteiger partial charge in [-0.15, -0.1) is 0 Å². The number of aromatic nitrogens is 2. The molecule has 0 saturated heterocycles. The quantitative estimate of drug-likeness (QED) is 0.870. The lowest BCUT2D eigenvalue weighted by atomic mass is 10.1. The van der Waals surface area contributed by atoms with Crippen LogP contribution in [0.2, 0.25) is 0 Å². The van der Waals surface area contributed by atoms with Crippen molar-refractivity contribution in [2.45, 2.75) is 13.3 Å². The molecule has 1 N–H and O–H groups in total. The summed E-state index contributed by atoms with van der Waals surface area (Å²) in [6.45, 7) is 2.61. The Morgan fingerprint density at radius 1 is 1.29 bits per heavy atom. The minimum Gasteiger partial charge on any atom is -0.494 e. The van der Waals surface area contributed by atoms with Crippen molar-refractivity contribution in [3.8, 4) is 5.75 Å². The first-order valence-electron chi connectivity index (χ1n) is 5.53. The number of hydrogen-bond donors (Lipinski definition) is 1. The predicted molar refractivity (Wildman–Crippen MR) is 65.3 cm³/mol. The molecule has 0 atom stereocenters. The number of ether oxygens (including phenoxy) is 1. The van der Waals surface area contributed by atoms with Gasteiger partial charge in [0.05, 0.1) is 18.6 Å². The molecular formula is C13H14N2O2. The van der Waals surface area contributed by atoms with E-state index in [0.29, 0.717) is 13.0 Å². The van der Waals surface area contributed by atoms with E-state index in [4.69, 9.17) is 4.74 Å². The highest BCUT2D eigenvalue weighted by Gasteiger charge is 1.99. The Kier molecular flexibility index (Phi) is 3.55. The van der Waals surface area contributed by atoms with Crippen molar-refractivity contribution in [3.05, 3.63) is 58.3 Å². The van der Waals surface area contributed by atoms with E-state index in [1.165, 1.54) is 12.4 Å². The third-order valence-electron chi connectivity index (χ3n) is 2.35. The van der Waals surface area contributed by atoms with Crippen molar-refractivity contribution >= 4 is 0 Å². The Hall–Kier alpha value is -2.10. The number of nitrogens with one attached hydrogen (secondary N) is 1. The summed E-state index contributed by atoms with van der Waals surface area (Å²) in [5, 5.41) is 0. The molecule has 0 unspecified atom stereocenters. The molecule has 17 heavy (non-hydrogen) atoms. The molecule has 2 aromatic rings. The fraction of sp³-hybridized carbons (Fsp3) is 0.231. The van der Waals surface area contributed by atoms with E-state index in [0.717, 1.165) is 17.0 Å². The Bertz CT molecular complexity index is 532.